The third-order valence-electron chi connectivity index (χ3n) is 6.76. The first-order valence-corrected chi connectivity index (χ1v) is 13.3. The molecule has 0 amide bonds. The molecule has 0 N–H and O–H groups in total. The predicted octanol–water partition coefficient (Wildman–Crippen LogP) is 2.99. The zero-order valence-electron chi connectivity index (χ0n) is 19.7. The van der Waals surface area contributed by atoms with Gasteiger partial charge in [-0.25, -0.2) is 8.42 Å². The summed E-state index contributed by atoms with van der Waals surface area (Å²) >= 11 is 0. The molecule has 2 heterocycles. The van der Waals surface area contributed by atoms with Gasteiger partial charge in [0.2, 0.25) is 15.8 Å². The summed E-state index contributed by atoms with van der Waals surface area (Å²) in [5.41, 5.74) is -0.866. The number of anilines is 1. The molecule has 4 rings (SSSR count). The van der Waals surface area contributed by atoms with Crippen LogP contribution < -0.4 is 15.2 Å². The van der Waals surface area contributed by atoms with Gasteiger partial charge in [-0.15, -0.1) is 0 Å². The minimum Gasteiger partial charge on any atom is -0.485 e. The van der Waals surface area contributed by atoms with Gasteiger partial charge in [0.05, 0.1) is 17.6 Å². The second kappa shape index (κ2) is 9.45. The number of aromatic nitrogens is 2. The van der Waals surface area contributed by atoms with E-state index in [0.717, 1.165) is 16.7 Å². The molecule has 12 heteroatoms. The standard InChI is InChI=1S/C23H29F3N4O4S/c1-3-17-6-5-7-18(14-17)30-21(31)20(34-16-22(8-9-22)23(24,25)26)19(15-27-30)28-10-12-29(13-11-28)35(32,33)4-2/h5-7,14-15H,3-4,8-13,16H2,1-2H3. The van der Waals surface area contributed by atoms with E-state index in [0.29, 0.717) is 5.69 Å². The fraction of sp³-hybridized carbons (Fsp3) is 0.565. The molecule has 1 aromatic carbocycles. The predicted molar refractivity (Wildman–Crippen MR) is 126 cm³/mol. The number of hydrogen-bond acceptors (Lipinski definition) is 6. The lowest BCUT2D eigenvalue weighted by molar-refractivity contribution is -0.194. The van der Waals surface area contributed by atoms with Gasteiger partial charge >= 0.3 is 11.7 Å². The van der Waals surface area contributed by atoms with Crippen LogP contribution in [0.25, 0.3) is 5.69 Å². The highest BCUT2D eigenvalue weighted by Gasteiger charge is 2.64. The number of halogens is 3. The third kappa shape index (κ3) is 5.04. The van der Waals surface area contributed by atoms with Crippen molar-refractivity contribution in [3.63, 3.8) is 0 Å². The lowest BCUT2D eigenvalue weighted by Gasteiger charge is -2.35. The monoisotopic (exact) mass is 514 g/mol. The Labute approximate surface area is 202 Å². The van der Waals surface area contributed by atoms with Gasteiger partial charge in [-0.1, -0.05) is 19.1 Å². The number of aryl methyl sites for hydroxylation is 1. The molecule has 192 valence electrons. The van der Waals surface area contributed by atoms with Crippen LogP contribution >= 0.6 is 0 Å². The number of nitrogens with zero attached hydrogens (tertiary/aromatic N) is 4. The molecule has 1 saturated heterocycles. The topological polar surface area (TPSA) is 84.7 Å². The second-order valence-electron chi connectivity index (χ2n) is 8.95. The van der Waals surface area contributed by atoms with Crippen LogP contribution in [-0.4, -0.2) is 67.2 Å². The van der Waals surface area contributed by atoms with Crippen molar-refractivity contribution in [2.75, 3.05) is 43.4 Å². The number of rotatable bonds is 8. The summed E-state index contributed by atoms with van der Waals surface area (Å²) in [4.78, 5) is 15.2. The van der Waals surface area contributed by atoms with Crippen LogP contribution in [0.4, 0.5) is 18.9 Å². The van der Waals surface area contributed by atoms with E-state index in [4.69, 9.17) is 4.74 Å². The highest BCUT2D eigenvalue weighted by molar-refractivity contribution is 7.89. The van der Waals surface area contributed by atoms with Gasteiger partial charge in [0.15, 0.2) is 0 Å². The average molecular weight is 515 g/mol. The molecule has 2 fully saturated rings. The lowest BCUT2D eigenvalue weighted by Crippen LogP contribution is -2.49. The minimum atomic E-state index is -4.42. The fourth-order valence-corrected chi connectivity index (χ4v) is 5.23. The van der Waals surface area contributed by atoms with Crippen molar-refractivity contribution in [2.24, 2.45) is 5.41 Å². The van der Waals surface area contributed by atoms with Crippen molar-refractivity contribution < 1.29 is 26.3 Å². The molecule has 1 aromatic heterocycles. The first kappa shape index (κ1) is 25.5. The van der Waals surface area contributed by atoms with E-state index in [2.05, 4.69) is 5.10 Å². The van der Waals surface area contributed by atoms with Crippen LogP contribution in [0.5, 0.6) is 5.75 Å². The summed E-state index contributed by atoms with van der Waals surface area (Å²) in [6, 6.07) is 7.19. The lowest BCUT2D eigenvalue weighted by atomic mass is 10.1. The number of hydrogen-bond donors (Lipinski definition) is 0. The van der Waals surface area contributed by atoms with E-state index < -0.39 is 33.8 Å². The number of ether oxygens (including phenoxy) is 1. The summed E-state index contributed by atoms with van der Waals surface area (Å²) in [6.45, 7) is 3.80. The molecule has 2 aliphatic rings. The summed E-state index contributed by atoms with van der Waals surface area (Å²) in [6.07, 6.45) is -2.36. The second-order valence-corrected chi connectivity index (χ2v) is 11.2. The Hall–Kier alpha value is -2.60. The number of alkyl halides is 3. The first-order valence-electron chi connectivity index (χ1n) is 11.7. The Morgan fingerprint density at radius 3 is 2.37 bits per heavy atom. The Morgan fingerprint density at radius 1 is 1.11 bits per heavy atom. The van der Waals surface area contributed by atoms with Gasteiger partial charge in [-0.2, -0.15) is 27.3 Å². The molecule has 0 atom stereocenters. The minimum absolute atomic E-state index is 0.0185. The van der Waals surface area contributed by atoms with E-state index >= 15 is 0 Å². The van der Waals surface area contributed by atoms with Crippen molar-refractivity contribution >= 4 is 15.7 Å². The fourth-order valence-electron chi connectivity index (χ4n) is 4.14. The van der Waals surface area contributed by atoms with Crippen LogP contribution in [0.15, 0.2) is 35.3 Å². The van der Waals surface area contributed by atoms with Crippen LogP contribution in [0.2, 0.25) is 0 Å². The largest absolute Gasteiger partial charge is 0.485 e. The van der Waals surface area contributed by atoms with E-state index in [1.165, 1.54) is 10.5 Å². The van der Waals surface area contributed by atoms with Crippen molar-refractivity contribution in [2.45, 2.75) is 39.3 Å². The maximum absolute atomic E-state index is 13.5. The van der Waals surface area contributed by atoms with Gasteiger partial charge in [0.25, 0.3) is 0 Å². The highest BCUT2D eigenvalue weighted by atomic mass is 32.2. The van der Waals surface area contributed by atoms with E-state index in [-0.39, 0.29) is 56.2 Å². The van der Waals surface area contributed by atoms with Gasteiger partial charge in [-0.05, 0) is 43.9 Å². The molecule has 1 saturated carbocycles. The highest BCUT2D eigenvalue weighted by Crippen LogP contribution is 2.57. The van der Waals surface area contributed by atoms with Crippen LogP contribution in [0, 0.1) is 5.41 Å². The molecule has 35 heavy (non-hydrogen) atoms. The molecular formula is C23H29F3N4O4S. The molecule has 0 unspecified atom stereocenters. The van der Waals surface area contributed by atoms with E-state index in [1.807, 2.05) is 13.0 Å². The molecule has 8 nitrogen and oxygen atoms in total. The molecular weight excluding hydrogens is 485 g/mol. The van der Waals surface area contributed by atoms with Crippen LogP contribution in [0.1, 0.15) is 32.3 Å². The summed E-state index contributed by atoms with van der Waals surface area (Å²) in [7, 11) is -3.36. The van der Waals surface area contributed by atoms with Crippen LogP contribution in [-0.2, 0) is 16.4 Å². The number of piperazine rings is 1. The smallest absolute Gasteiger partial charge is 0.397 e. The Morgan fingerprint density at radius 2 is 1.80 bits per heavy atom. The van der Waals surface area contributed by atoms with Crippen molar-refractivity contribution in [1.29, 1.82) is 0 Å². The molecule has 1 aliphatic carbocycles. The summed E-state index contributed by atoms with van der Waals surface area (Å²) in [5, 5.41) is 4.28. The normalized spacial score (nSPS) is 18.5. The van der Waals surface area contributed by atoms with Crippen molar-refractivity contribution in [3.05, 3.63) is 46.4 Å². The molecule has 0 radical (unpaired) electrons. The first-order chi connectivity index (χ1) is 16.5. The molecule has 1 aliphatic heterocycles. The Balaban J connectivity index is 1.68. The van der Waals surface area contributed by atoms with E-state index in [9.17, 15) is 26.4 Å². The number of sulfonamides is 1. The maximum Gasteiger partial charge on any atom is 0.397 e. The summed E-state index contributed by atoms with van der Waals surface area (Å²) in [5.74, 6) is -0.223. The van der Waals surface area contributed by atoms with Crippen LogP contribution in [0.3, 0.4) is 0 Å². The van der Waals surface area contributed by atoms with E-state index in [1.54, 1.807) is 30.0 Å². The zero-order valence-corrected chi connectivity index (χ0v) is 20.5. The van der Waals surface area contributed by atoms with Gasteiger partial charge in [0.1, 0.15) is 17.7 Å². The van der Waals surface area contributed by atoms with Gasteiger partial charge < -0.3 is 9.64 Å². The third-order valence-corrected chi connectivity index (χ3v) is 8.64. The SMILES string of the molecule is CCc1cccc(-n2ncc(N3CCN(S(=O)(=O)CC)CC3)c(OCC3(C(F)(F)F)CC3)c2=O)c1. The Bertz CT molecular complexity index is 1230. The summed E-state index contributed by atoms with van der Waals surface area (Å²) < 4.78 is 73.1. The van der Waals surface area contributed by atoms with Crippen molar-refractivity contribution in [3.8, 4) is 11.4 Å². The Kier molecular flexibility index (Phi) is 6.89. The van der Waals surface area contributed by atoms with Gasteiger partial charge in [-0.3, -0.25) is 4.79 Å². The van der Waals surface area contributed by atoms with Gasteiger partial charge in [0, 0.05) is 26.2 Å². The zero-order chi connectivity index (χ0) is 25.4. The molecule has 0 spiro atoms. The maximum atomic E-state index is 13.5. The average Bonchev–Trinajstić information content (AvgIpc) is 3.65. The quantitative estimate of drug-likeness (QED) is 0.539. The number of benzene rings is 1. The van der Waals surface area contributed by atoms with Crippen molar-refractivity contribution in [1.82, 2.24) is 14.1 Å². The molecule has 0 bridgehead atoms. The molecule has 2 aromatic rings.